The lowest BCUT2D eigenvalue weighted by atomic mass is 9.96. The molecule has 8 nitrogen and oxygen atoms in total. The molecule has 226 valence electrons. The summed E-state index contributed by atoms with van der Waals surface area (Å²) in [7, 11) is 1.69. The molecule has 2 aliphatic heterocycles. The van der Waals surface area contributed by atoms with E-state index in [0.717, 1.165) is 93.4 Å². The summed E-state index contributed by atoms with van der Waals surface area (Å²) in [4.78, 5) is 25.2. The zero-order valence-electron chi connectivity index (χ0n) is 24.9. The zero-order valence-corrected chi connectivity index (χ0v) is 24.9. The Morgan fingerprint density at radius 1 is 0.907 bits per heavy atom. The van der Waals surface area contributed by atoms with E-state index in [1.165, 1.54) is 17.8 Å². The molecule has 0 spiro atoms. The molecule has 0 radical (unpaired) electrons. The molecule has 0 aliphatic carbocycles. The zero-order chi connectivity index (χ0) is 29.6. The summed E-state index contributed by atoms with van der Waals surface area (Å²) in [5.74, 6) is 1.76. The lowest BCUT2D eigenvalue weighted by Gasteiger charge is -2.36. The number of carbonyl (C=O) groups is 1. The van der Waals surface area contributed by atoms with Crippen LogP contribution in [0.25, 0.3) is 11.0 Å². The second kappa shape index (κ2) is 13.5. The van der Waals surface area contributed by atoms with Crippen LogP contribution in [-0.4, -0.2) is 79.8 Å². The quantitative estimate of drug-likeness (QED) is 0.271. The molecule has 0 bridgehead atoms. The van der Waals surface area contributed by atoms with Crippen LogP contribution in [0, 0.1) is 11.7 Å². The highest BCUT2D eigenvalue weighted by Gasteiger charge is 2.28. The third kappa shape index (κ3) is 6.94. The largest absolute Gasteiger partial charge is 0.497 e. The van der Waals surface area contributed by atoms with E-state index in [-0.39, 0.29) is 17.6 Å². The Hall–Kier alpha value is -4.11. The predicted octanol–water partition coefficient (Wildman–Crippen LogP) is 4.78. The molecule has 6 rings (SSSR count). The predicted molar refractivity (Wildman–Crippen MR) is 169 cm³/mol. The molecule has 2 saturated heterocycles. The number of carbonyl (C=O) groups excluding carboxylic acids is 1. The van der Waals surface area contributed by atoms with Gasteiger partial charge < -0.3 is 24.4 Å². The van der Waals surface area contributed by atoms with E-state index in [1.807, 2.05) is 42.5 Å². The lowest BCUT2D eigenvalue weighted by molar-refractivity contribution is -0.125. The van der Waals surface area contributed by atoms with Crippen LogP contribution in [-0.2, 0) is 11.3 Å². The molecule has 0 atom stereocenters. The summed E-state index contributed by atoms with van der Waals surface area (Å²) in [6, 6.07) is 23.1. The molecule has 2 fully saturated rings. The van der Waals surface area contributed by atoms with E-state index in [4.69, 9.17) is 9.72 Å². The van der Waals surface area contributed by atoms with Crippen molar-refractivity contribution in [1.82, 2.24) is 19.8 Å². The molecule has 1 amide bonds. The molecule has 9 heteroatoms. The van der Waals surface area contributed by atoms with E-state index in [2.05, 4.69) is 42.8 Å². The first-order valence-electron chi connectivity index (χ1n) is 15.4. The summed E-state index contributed by atoms with van der Waals surface area (Å²) in [5, 5.41) is 3.20. The number of hydrogen-bond acceptors (Lipinski definition) is 6. The van der Waals surface area contributed by atoms with Gasteiger partial charge in [0.25, 0.3) is 0 Å². The van der Waals surface area contributed by atoms with Gasteiger partial charge >= 0.3 is 0 Å². The topological polar surface area (TPSA) is 65.9 Å². The third-order valence-electron chi connectivity index (χ3n) is 8.80. The Morgan fingerprint density at radius 3 is 2.35 bits per heavy atom. The Labute approximate surface area is 253 Å². The van der Waals surface area contributed by atoms with Gasteiger partial charge in [0.15, 0.2) is 0 Å². The van der Waals surface area contributed by atoms with Crippen molar-refractivity contribution in [3.05, 3.63) is 84.2 Å². The monoisotopic (exact) mass is 584 g/mol. The van der Waals surface area contributed by atoms with Crippen LogP contribution in [0.4, 0.5) is 16.0 Å². The van der Waals surface area contributed by atoms with Crippen LogP contribution in [0.15, 0.2) is 72.8 Å². The molecule has 0 saturated carbocycles. The number of benzene rings is 3. The van der Waals surface area contributed by atoms with Crippen molar-refractivity contribution in [2.45, 2.75) is 25.8 Å². The molecule has 3 aromatic carbocycles. The summed E-state index contributed by atoms with van der Waals surface area (Å²) in [6.07, 6.45) is 2.57. The summed E-state index contributed by atoms with van der Waals surface area (Å²) >= 11 is 0. The van der Waals surface area contributed by atoms with Crippen LogP contribution >= 0.6 is 0 Å². The van der Waals surface area contributed by atoms with Gasteiger partial charge in [0, 0.05) is 57.4 Å². The first kappa shape index (κ1) is 29.0. The number of anilines is 2. The molecule has 43 heavy (non-hydrogen) atoms. The number of fused-ring (bicyclic) bond motifs is 1. The fourth-order valence-electron chi connectivity index (χ4n) is 6.26. The Balaban J connectivity index is 0.950. The number of hydrogen-bond donors (Lipinski definition) is 1. The van der Waals surface area contributed by atoms with Gasteiger partial charge in [-0.3, -0.25) is 9.69 Å². The van der Waals surface area contributed by atoms with Gasteiger partial charge in [0.05, 0.1) is 24.7 Å². The fraction of sp³-hybridized carbons (Fsp3) is 0.412. The van der Waals surface area contributed by atoms with E-state index in [1.54, 1.807) is 7.11 Å². The average molecular weight is 585 g/mol. The van der Waals surface area contributed by atoms with Gasteiger partial charge in [-0.2, -0.15) is 0 Å². The third-order valence-corrected chi connectivity index (χ3v) is 8.80. The van der Waals surface area contributed by atoms with Crippen LogP contribution in [0.5, 0.6) is 5.75 Å². The number of ether oxygens (including phenoxy) is 1. The van der Waals surface area contributed by atoms with E-state index in [9.17, 15) is 9.18 Å². The Morgan fingerprint density at radius 2 is 1.63 bits per heavy atom. The molecular weight excluding hydrogens is 543 g/mol. The van der Waals surface area contributed by atoms with Crippen LogP contribution < -0.4 is 19.9 Å². The smallest absolute Gasteiger partial charge is 0.223 e. The minimum atomic E-state index is -0.233. The summed E-state index contributed by atoms with van der Waals surface area (Å²) in [5.41, 5.74) is 4.27. The van der Waals surface area contributed by atoms with Crippen LogP contribution in [0.3, 0.4) is 0 Å². The highest BCUT2D eigenvalue weighted by molar-refractivity contribution is 5.80. The highest BCUT2D eigenvalue weighted by atomic mass is 19.1. The lowest BCUT2D eigenvalue weighted by Crippen LogP contribution is -2.47. The maximum Gasteiger partial charge on any atom is 0.223 e. The van der Waals surface area contributed by atoms with Crippen molar-refractivity contribution in [2.24, 2.45) is 5.92 Å². The number of halogens is 1. The van der Waals surface area contributed by atoms with Crippen molar-refractivity contribution in [1.29, 1.82) is 0 Å². The normalized spacial score (nSPS) is 16.5. The average Bonchev–Trinajstić information content (AvgIpc) is 3.42. The first-order valence-corrected chi connectivity index (χ1v) is 15.4. The number of aromatic nitrogens is 2. The van der Waals surface area contributed by atoms with Crippen molar-refractivity contribution in [3.8, 4) is 5.75 Å². The van der Waals surface area contributed by atoms with Crippen LogP contribution in [0.1, 0.15) is 24.8 Å². The SMILES string of the molecule is COc1ccc(N2CCN(CCCNC(=O)C3CCN(c4nc5ccccc5n4Cc4ccc(F)cc4)CC3)CC2)cc1. The van der Waals surface area contributed by atoms with E-state index in [0.29, 0.717) is 13.1 Å². The minimum absolute atomic E-state index is 0.0271. The molecule has 1 N–H and O–H groups in total. The summed E-state index contributed by atoms with van der Waals surface area (Å²) in [6.45, 7) is 7.98. The number of rotatable bonds is 10. The number of nitrogens with zero attached hydrogens (tertiary/aromatic N) is 5. The molecule has 2 aliphatic rings. The number of para-hydroxylation sites is 2. The van der Waals surface area contributed by atoms with E-state index < -0.39 is 0 Å². The second-order valence-electron chi connectivity index (χ2n) is 11.5. The van der Waals surface area contributed by atoms with Crippen molar-refractivity contribution in [2.75, 3.05) is 69.3 Å². The Bertz CT molecular complexity index is 1490. The van der Waals surface area contributed by atoms with E-state index >= 15 is 0 Å². The van der Waals surface area contributed by atoms with Gasteiger partial charge in [-0.1, -0.05) is 24.3 Å². The van der Waals surface area contributed by atoms with Gasteiger partial charge in [0.1, 0.15) is 11.6 Å². The molecule has 0 unspecified atom stereocenters. The highest BCUT2D eigenvalue weighted by Crippen LogP contribution is 2.28. The fourth-order valence-corrected chi connectivity index (χ4v) is 6.26. The Kier molecular flexibility index (Phi) is 9.07. The maximum atomic E-state index is 13.5. The number of imidazole rings is 1. The molecule has 3 heterocycles. The standard InChI is InChI=1S/C34H41FN6O2/c1-43-30-13-11-29(12-14-30)39-23-21-38(22-24-39)18-4-17-36-33(42)27-15-19-40(20-16-27)34-37-31-5-2-3-6-32(31)41(34)25-26-7-9-28(35)10-8-26/h2-3,5-14,27H,4,15-25H2,1H3,(H,36,42). The first-order chi connectivity index (χ1) is 21.1. The van der Waals surface area contributed by atoms with Gasteiger partial charge in [-0.25, -0.2) is 9.37 Å². The van der Waals surface area contributed by atoms with Crippen molar-refractivity contribution in [3.63, 3.8) is 0 Å². The second-order valence-corrected chi connectivity index (χ2v) is 11.5. The molecule has 4 aromatic rings. The number of nitrogens with one attached hydrogen (secondary N) is 1. The molecule has 1 aromatic heterocycles. The summed E-state index contributed by atoms with van der Waals surface area (Å²) < 4.78 is 21.0. The minimum Gasteiger partial charge on any atom is -0.497 e. The van der Waals surface area contributed by atoms with Gasteiger partial charge in [-0.15, -0.1) is 0 Å². The number of methoxy groups -OCH3 is 1. The molecular formula is C34H41FN6O2. The van der Waals surface area contributed by atoms with Crippen molar-refractivity contribution >= 4 is 28.6 Å². The number of amides is 1. The maximum absolute atomic E-state index is 13.5. The van der Waals surface area contributed by atoms with Gasteiger partial charge in [-0.05, 0) is 79.9 Å². The van der Waals surface area contributed by atoms with Crippen molar-refractivity contribution < 1.29 is 13.9 Å². The van der Waals surface area contributed by atoms with Crippen LogP contribution in [0.2, 0.25) is 0 Å². The number of piperazine rings is 1. The number of piperidine rings is 1. The van der Waals surface area contributed by atoms with Gasteiger partial charge in [0.2, 0.25) is 11.9 Å².